The molecule has 1 aromatic heterocycles. The molecule has 0 aliphatic rings. The Morgan fingerprint density at radius 3 is 2.58 bits per heavy atom. The quantitative estimate of drug-likeness (QED) is 0.765. The molecule has 0 radical (unpaired) electrons. The average Bonchev–Trinajstić information content (AvgIpc) is 2.55. The van der Waals surface area contributed by atoms with Gasteiger partial charge in [-0.3, -0.25) is 9.59 Å². The summed E-state index contributed by atoms with van der Waals surface area (Å²) in [4.78, 5) is 26.8. The smallest absolute Gasteiger partial charge is 0.255 e. The Morgan fingerprint density at radius 2 is 1.88 bits per heavy atom. The lowest BCUT2D eigenvalue weighted by Crippen LogP contribution is -2.12. The van der Waals surface area contributed by atoms with Gasteiger partial charge in [0.1, 0.15) is 5.82 Å². The van der Waals surface area contributed by atoms with Crippen LogP contribution in [0, 0.1) is 5.82 Å². The molecule has 0 unspecified atom stereocenters. The third kappa shape index (κ3) is 3.35. The Kier molecular flexibility index (Phi) is 4.42. The number of pyridine rings is 1. The number of hydrogen-bond acceptors (Lipinski definition) is 2. The van der Waals surface area contributed by atoms with Crippen LogP contribution in [0.25, 0.3) is 10.9 Å². The van der Waals surface area contributed by atoms with Crippen molar-refractivity contribution in [2.75, 3.05) is 5.32 Å². The van der Waals surface area contributed by atoms with Gasteiger partial charge in [-0.1, -0.05) is 19.4 Å². The molecule has 5 heteroatoms. The van der Waals surface area contributed by atoms with Crippen LogP contribution in [0.2, 0.25) is 0 Å². The van der Waals surface area contributed by atoms with Crippen molar-refractivity contribution in [1.82, 2.24) is 4.98 Å². The maximum Gasteiger partial charge on any atom is 0.255 e. The predicted octanol–water partition coefficient (Wildman–Crippen LogP) is 3.87. The second-order valence-electron chi connectivity index (χ2n) is 5.63. The molecule has 1 amide bonds. The van der Waals surface area contributed by atoms with Crippen LogP contribution in [0.4, 0.5) is 10.1 Å². The number of aromatic amines is 1. The van der Waals surface area contributed by atoms with Gasteiger partial charge in [0, 0.05) is 22.7 Å². The highest BCUT2D eigenvalue weighted by atomic mass is 19.1. The summed E-state index contributed by atoms with van der Waals surface area (Å²) in [5, 5.41) is 3.73. The molecule has 3 aromatic rings. The summed E-state index contributed by atoms with van der Waals surface area (Å²) < 4.78 is 12.9. The minimum absolute atomic E-state index is 0.159. The SMILES string of the molecule is CCCc1cc(=O)[nH]c2cc(NC(=O)c3ccc(F)cc3)ccc12. The standard InChI is InChI=1S/C19H17FN2O2/c1-2-3-13-10-18(23)22-17-11-15(8-9-16(13)17)21-19(24)12-4-6-14(20)7-5-12/h4-11H,2-3H2,1H3,(H,21,24)(H,22,23). The van der Waals surface area contributed by atoms with Crippen molar-refractivity contribution < 1.29 is 9.18 Å². The molecule has 1 heterocycles. The first-order valence-electron chi connectivity index (χ1n) is 7.79. The number of aryl methyl sites for hydroxylation is 1. The topological polar surface area (TPSA) is 62.0 Å². The molecule has 0 bridgehead atoms. The molecule has 0 spiro atoms. The van der Waals surface area contributed by atoms with Crippen LogP contribution in [0.3, 0.4) is 0 Å². The van der Waals surface area contributed by atoms with Crippen molar-refractivity contribution in [1.29, 1.82) is 0 Å². The molecule has 24 heavy (non-hydrogen) atoms. The fourth-order valence-electron chi connectivity index (χ4n) is 2.69. The number of halogens is 1. The lowest BCUT2D eigenvalue weighted by Gasteiger charge is -2.09. The van der Waals surface area contributed by atoms with Crippen LogP contribution in [0.1, 0.15) is 29.3 Å². The monoisotopic (exact) mass is 324 g/mol. The zero-order chi connectivity index (χ0) is 17.1. The van der Waals surface area contributed by atoms with Gasteiger partial charge in [0.25, 0.3) is 5.91 Å². The normalized spacial score (nSPS) is 10.8. The van der Waals surface area contributed by atoms with Crippen molar-refractivity contribution in [2.24, 2.45) is 0 Å². The zero-order valence-electron chi connectivity index (χ0n) is 13.2. The molecular formula is C19H17FN2O2. The number of carbonyl (C=O) groups is 1. The third-order valence-corrected chi connectivity index (χ3v) is 3.81. The maximum atomic E-state index is 12.9. The van der Waals surface area contributed by atoms with Gasteiger partial charge in [0.15, 0.2) is 0 Å². The fraction of sp³-hybridized carbons (Fsp3) is 0.158. The zero-order valence-corrected chi connectivity index (χ0v) is 13.2. The second kappa shape index (κ2) is 6.66. The van der Waals surface area contributed by atoms with Gasteiger partial charge in [-0.15, -0.1) is 0 Å². The summed E-state index contributed by atoms with van der Waals surface area (Å²) >= 11 is 0. The van der Waals surface area contributed by atoms with E-state index in [1.54, 1.807) is 18.2 Å². The molecule has 2 aromatic carbocycles. The molecular weight excluding hydrogens is 307 g/mol. The highest BCUT2D eigenvalue weighted by Crippen LogP contribution is 2.21. The van der Waals surface area contributed by atoms with Crippen LogP contribution >= 0.6 is 0 Å². The van der Waals surface area contributed by atoms with E-state index in [1.807, 2.05) is 6.07 Å². The average molecular weight is 324 g/mol. The first-order valence-corrected chi connectivity index (χ1v) is 7.79. The molecule has 2 N–H and O–H groups in total. The van der Waals surface area contributed by atoms with E-state index < -0.39 is 5.82 Å². The molecule has 0 aliphatic heterocycles. The number of anilines is 1. The number of amides is 1. The highest BCUT2D eigenvalue weighted by Gasteiger charge is 2.08. The number of fused-ring (bicyclic) bond motifs is 1. The summed E-state index contributed by atoms with van der Waals surface area (Å²) in [6.45, 7) is 2.06. The highest BCUT2D eigenvalue weighted by molar-refractivity contribution is 6.05. The minimum Gasteiger partial charge on any atom is -0.322 e. The van der Waals surface area contributed by atoms with Crippen molar-refractivity contribution in [3.8, 4) is 0 Å². The number of aromatic nitrogens is 1. The van der Waals surface area contributed by atoms with E-state index in [0.29, 0.717) is 16.8 Å². The summed E-state index contributed by atoms with van der Waals surface area (Å²) in [5.74, 6) is -0.723. The molecule has 0 fully saturated rings. The van der Waals surface area contributed by atoms with E-state index in [1.165, 1.54) is 24.3 Å². The molecule has 0 saturated carbocycles. The second-order valence-corrected chi connectivity index (χ2v) is 5.63. The molecule has 4 nitrogen and oxygen atoms in total. The van der Waals surface area contributed by atoms with Gasteiger partial charge in [0.2, 0.25) is 5.56 Å². The Balaban J connectivity index is 1.92. The van der Waals surface area contributed by atoms with Gasteiger partial charge in [-0.05, 0) is 48.4 Å². The van der Waals surface area contributed by atoms with Gasteiger partial charge in [-0.25, -0.2) is 4.39 Å². The third-order valence-electron chi connectivity index (χ3n) is 3.81. The van der Waals surface area contributed by atoms with Gasteiger partial charge in [0.05, 0.1) is 5.52 Å². The van der Waals surface area contributed by atoms with Crippen LogP contribution < -0.4 is 10.9 Å². The number of H-pyrrole nitrogens is 1. The van der Waals surface area contributed by atoms with E-state index in [-0.39, 0.29) is 11.5 Å². The van der Waals surface area contributed by atoms with Gasteiger partial charge in [-0.2, -0.15) is 0 Å². The minimum atomic E-state index is -0.390. The summed E-state index contributed by atoms with van der Waals surface area (Å²) in [5.41, 5.74) is 2.45. The van der Waals surface area contributed by atoms with Crippen molar-refractivity contribution in [3.63, 3.8) is 0 Å². The number of hydrogen-bond donors (Lipinski definition) is 2. The van der Waals surface area contributed by atoms with Crippen LogP contribution in [-0.4, -0.2) is 10.9 Å². The summed E-state index contributed by atoms with van der Waals surface area (Å²) in [7, 11) is 0. The van der Waals surface area contributed by atoms with Gasteiger partial charge >= 0.3 is 0 Å². The predicted molar refractivity (Wildman–Crippen MR) is 92.9 cm³/mol. The summed E-state index contributed by atoms with van der Waals surface area (Å²) in [6, 6.07) is 12.4. The lowest BCUT2D eigenvalue weighted by molar-refractivity contribution is 0.102. The Hall–Kier alpha value is -2.95. The number of rotatable bonds is 4. The van der Waals surface area contributed by atoms with E-state index in [2.05, 4.69) is 17.2 Å². The van der Waals surface area contributed by atoms with Crippen molar-refractivity contribution in [2.45, 2.75) is 19.8 Å². The Bertz CT molecular complexity index is 946. The van der Waals surface area contributed by atoms with Crippen LogP contribution in [0.15, 0.2) is 53.3 Å². The van der Waals surface area contributed by atoms with E-state index in [0.717, 1.165) is 23.8 Å². The number of benzene rings is 2. The number of carbonyl (C=O) groups excluding carboxylic acids is 1. The van der Waals surface area contributed by atoms with Crippen molar-refractivity contribution >= 4 is 22.5 Å². The number of nitrogens with one attached hydrogen (secondary N) is 2. The molecule has 122 valence electrons. The van der Waals surface area contributed by atoms with E-state index >= 15 is 0 Å². The van der Waals surface area contributed by atoms with E-state index in [4.69, 9.17) is 0 Å². The maximum absolute atomic E-state index is 12.9. The Morgan fingerprint density at radius 1 is 1.12 bits per heavy atom. The molecule has 0 saturated heterocycles. The lowest BCUT2D eigenvalue weighted by atomic mass is 10.0. The summed E-state index contributed by atoms with van der Waals surface area (Å²) in [6.07, 6.45) is 1.77. The van der Waals surface area contributed by atoms with Crippen LogP contribution in [-0.2, 0) is 6.42 Å². The molecule has 3 rings (SSSR count). The fourth-order valence-corrected chi connectivity index (χ4v) is 2.69. The Labute approximate surface area is 138 Å². The van der Waals surface area contributed by atoms with Crippen molar-refractivity contribution in [3.05, 3.63) is 75.8 Å². The van der Waals surface area contributed by atoms with Crippen LogP contribution in [0.5, 0.6) is 0 Å². The molecule has 0 atom stereocenters. The van der Waals surface area contributed by atoms with E-state index in [9.17, 15) is 14.0 Å². The largest absolute Gasteiger partial charge is 0.322 e. The first-order chi connectivity index (χ1) is 11.6. The molecule has 0 aliphatic carbocycles. The van der Waals surface area contributed by atoms with Gasteiger partial charge < -0.3 is 10.3 Å². The first kappa shape index (κ1) is 15.9.